The Labute approximate surface area is 343 Å². The minimum absolute atomic E-state index is 0.0112. The van der Waals surface area contributed by atoms with E-state index >= 15 is 0 Å². The molecule has 1 unspecified atom stereocenters. The number of fused-ring (bicyclic) bond motifs is 3. The largest absolute Gasteiger partial charge is 0.471 e. The summed E-state index contributed by atoms with van der Waals surface area (Å²) in [5.41, 5.74) is 0.173. The lowest BCUT2D eigenvalue weighted by atomic mass is 10.0. The molecule has 19 heteroatoms. The molecule has 2 aliphatic carbocycles. The fourth-order valence-electron chi connectivity index (χ4n) is 7.92. The molecule has 4 aliphatic rings. The second-order valence-corrected chi connectivity index (χ2v) is 18.3. The molecule has 3 aromatic heterocycles. The highest BCUT2D eigenvalue weighted by Crippen LogP contribution is 2.46. The van der Waals surface area contributed by atoms with Crippen LogP contribution in [0.15, 0.2) is 65.5 Å². The molecule has 4 aromatic rings. The number of carbonyl (C=O) groups excluding carboxylic acids is 4. The summed E-state index contributed by atoms with van der Waals surface area (Å²) in [4.78, 5) is 72.1. The summed E-state index contributed by atoms with van der Waals surface area (Å²) in [6.45, 7) is -0.0419. The molecule has 1 saturated heterocycles. The molecule has 5 heterocycles. The number of amides is 4. The molecule has 2 saturated carbocycles. The number of thiophene rings is 1. The third-order valence-corrected chi connectivity index (χ3v) is 13.6. The minimum Gasteiger partial charge on any atom is -0.471 e. The number of carbonyl (C=O) groups is 4. The van der Waals surface area contributed by atoms with Crippen molar-refractivity contribution in [2.45, 2.75) is 100 Å². The summed E-state index contributed by atoms with van der Waals surface area (Å²) in [5.74, 6) is -2.35. The van der Waals surface area contributed by atoms with E-state index in [0.717, 1.165) is 54.7 Å². The lowest BCUT2D eigenvalue weighted by molar-refractivity contribution is -0.141. The van der Waals surface area contributed by atoms with E-state index in [4.69, 9.17) is 19.4 Å². The number of para-hydroxylation sites is 2. The van der Waals surface area contributed by atoms with Crippen molar-refractivity contribution >= 4 is 72.9 Å². The van der Waals surface area contributed by atoms with Crippen LogP contribution in [0, 0.1) is 5.92 Å². The van der Waals surface area contributed by atoms with Crippen LogP contribution in [0.3, 0.4) is 0 Å². The number of aromatic nitrogens is 3. The van der Waals surface area contributed by atoms with E-state index in [2.05, 4.69) is 25.1 Å². The van der Waals surface area contributed by atoms with Gasteiger partial charge in [-0.15, -0.1) is 22.7 Å². The van der Waals surface area contributed by atoms with Gasteiger partial charge in [0, 0.05) is 23.9 Å². The van der Waals surface area contributed by atoms with Crippen molar-refractivity contribution in [2.24, 2.45) is 5.92 Å². The first-order valence-electron chi connectivity index (χ1n) is 19.5. The quantitative estimate of drug-likeness (QED) is 0.163. The lowest BCUT2D eigenvalue weighted by Crippen LogP contribution is -2.58. The zero-order chi connectivity index (χ0) is 40.3. The number of nitrogens with one attached hydrogen (secondary N) is 4. The second kappa shape index (κ2) is 17.0. The van der Waals surface area contributed by atoms with Crippen LogP contribution < -0.4 is 24.8 Å². The summed E-state index contributed by atoms with van der Waals surface area (Å²) in [6.07, 6.45) is 10.3. The Morgan fingerprint density at radius 3 is 2.48 bits per heavy atom. The first-order valence-corrected chi connectivity index (χ1v) is 22.8. The molecule has 8 rings (SSSR count). The number of anilines is 1. The van der Waals surface area contributed by atoms with Crippen LogP contribution in [0.1, 0.15) is 70.6 Å². The van der Waals surface area contributed by atoms with Gasteiger partial charge in [0.25, 0.3) is 5.91 Å². The fourth-order valence-corrected chi connectivity index (χ4v) is 10.3. The lowest BCUT2D eigenvalue weighted by Gasteiger charge is -2.30. The van der Waals surface area contributed by atoms with Gasteiger partial charge in [0.1, 0.15) is 35.5 Å². The van der Waals surface area contributed by atoms with Gasteiger partial charge in [0.05, 0.1) is 22.5 Å². The first kappa shape index (κ1) is 39.7. The number of rotatable bonds is 9. The van der Waals surface area contributed by atoms with Crippen LogP contribution in [-0.4, -0.2) is 88.5 Å². The van der Waals surface area contributed by atoms with Crippen molar-refractivity contribution < 1.29 is 37.1 Å². The molecular formula is C39H44N8O8S3. The normalized spacial score (nSPS) is 26.0. The number of ether oxygens (including phenoxy) is 2. The van der Waals surface area contributed by atoms with E-state index in [1.165, 1.54) is 22.4 Å². The number of hydrogen-bond donors (Lipinski definition) is 4. The third-order valence-electron chi connectivity index (χ3n) is 11.0. The summed E-state index contributed by atoms with van der Waals surface area (Å²) in [7, 11) is -4.41. The number of alkyl carbamates (subject to hydrolysis) is 1. The van der Waals surface area contributed by atoms with Crippen LogP contribution in [0.25, 0.3) is 21.6 Å². The van der Waals surface area contributed by atoms with Crippen molar-refractivity contribution in [1.82, 2.24) is 35.2 Å². The van der Waals surface area contributed by atoms with Crippen molar-refractivity contribution in [3.8, 4) is 16.5 Å². The molecule has 0 bridgehead atoms. The van der Waals surface area contributed by atoms with E-state index < -0.39 is 63.7 Å². The molecule has 1 aromatic carbocycles. The van der Waals surface area contributed by atoms with Gasteiger partial charge in [-0.2, -0.15) is 8.42 Å². The summed E-state index contributed by atoms with van der Waals surface area (Å²) < 4.78 is 42.6. The van der Waals surface area contributed by atoms with E-state index in [0.29, 0.717) is 36.0 Å². The third kappa shape index (κ3) is 8.95. The van der Waals surface area contributed by atoms with Crippen LogP contribution >= 0.6 is 22.7 Å². The van der Waals surface area contributed by atoms with E-state index in [1.54, 1.807) is 5.38 Å². The molecule has 16 nitrogen and oxygen atoms in total. The molecule has 5 atom stereocenters. The van der Waals surface area contributed by atoms with Gasteiger partial charge in [-0.1, -0.05) is 43.2 Å². The van der Waals surface area contributed by atoms with Crippen molar-refractivity contribution in [3.63, 3.8) is 0 Å². The maximum Gasteiger partial charge on any atom is 0.408 e. The Hall–Kier alpha value is -5.14. The Morgan fingerprint density at radius 2 is 1.72 bits per heavy atom. The number of nitrogens with zero attached hydrogens (tertiary/aromatic N) is 4. The van der Waals surface area contributed by atoms with Crippen LogP contribution in [-0.2, 0) is 29.3 Å². The maximum atomic E-state index is 14.7. The number of allylic oxidation sites excluding steroid dienone is 1. The van der Waals surface area contributed by atoms with Crippen LogP contribution in [0.4, 0.5) is 9.93 Å². The van der Waals surface area contributed by atoms with Crippen LogP contribution in [0.2, 0.25) is 0 Å². The summed E-state index contributed by atoms with van der Waals surface area (Å²) >= 11 is 2.51. The highest BCUT2D eigenvalue weighted by Gasteiger charge is 2.61. The van der Waals surface area contributed by atoms with Crippen molar-refractivity contribution in [2.75, 3.05) is 11.3 Å². The number of benzene rings is 1. The first-order chi connectivity index (χ1) is 28.1. The van der Waals surface area contributed by atoms with Crippen molar-refractivity contribution in [3.05, 3.63) is 65.5 Å². The van der Waals surface area contributed by atoms with Gasteiger partial charge in [0.2, 0.25) is 17.7 Å². The zero-order valence-corrected chi connectivity index (χ0v) is 34.0. The highest BCUT2D eigenvalue weighted by molar-refractivity contribution is 7.91. The standard InChI is InChI=1S/C39H44N8O8S3/c48-33-30-21-26(54-34-32(31-17-10-19-56-31)41-27-14-8-9-15-28(27)42-34)23-47(30)35(49)29(43-38(51)55-25-12-6-7-13-25)16-5-3-1-2-4-11-24-22-39(24,44-33)36(50)45-58(52,53)46-37-40-18-20-57-37/h4,8-11,14-15,17-20,24-26,29-30H,1-3,5-7,12-13,16,21-23H2,(H,40,46)(H,43,51)(H,44,48)(H,45,50)/b11-4-/t24?,26-,29+,30+,39-/m1/s1. The maximum absolute atomic E-state index is 14.7. The van der Waals surface area contributed by atoms with Gasteiger partial charge < -0.3 is 25.0 Å². The predicted molar refractivity (Wildman–Crippen MR) is 217 cm³/mol. The average Bonchev–Trinajstić information content (AvgIpc) is 3.87. The van der Waals surface area contributed by atoms with E-state index in [1.807, 2.05) is 53.9 Å². The Balaban J connectivity index is 1.10. The SMILES string of the molecule is O=C(N[C@H]1CCCCC/C=C\C2C[C@@]2(C(=O)NS(=O)(=O)Nc2nccs2)NC(=O)[C@@H]2C[C@@H](Oc3nc4ccccc4nc3-c3cccs3)CN2C1=O)OC1CCCC1. The van der Waals surface area contributed by atoms with Crippen LogP contribution in [0.5, 0.6) is 5.88 Å². The van der Waals surface area contributed by atoms with Gasteiger partial charge in [-0.05, 0) is 74.9 Å². The molecular weight excluding hydrogens is 805 g/mol. The minimum atomic E-state index is -4.41. The second-order valence-electron chi connectivity index (χ2n) is 15.0. The predicted octanol–water partition coefficient (Wildman–Crippen LogP) is 5.07. The summed E-state index contributed by atoms with van der Waals surface area (Å²) in [5, 5.41) is 9.24. The van der Waals surface area contributed by atoms with Gasteiger partial charge >= 0.3 is 16.3 Å². The van der Waals surface area contributed by atoms with Gasteiger partial charge in [-0.25, -0.2) is 29.2 Å². The Morgan fingerprint density at radius 1 is 0.931 bits per heavy atom. The molecule has 0 spiro atoms. The average molecular weight is 849 g/mol. The molecule has 2 aliphatic heterocycles. The number of hydrogen-bond acceptors (Lipinski definition) is 13. The topological polar surface area (TPSA) is 211 Å². The monoisotopic (exact) mass is 848 g/mol. The Bertz CT molecular complexity index is 2280. The van der Waals surface area contributed by atoms with E-state index in [9.17, 15) is 27.6 Å². The molecule has 0 radical (unpaired) electrons. The molecule has 4 amide bonds. The number of thiazole rings is 1. The smallest absolute Gasteiger partial charge is 0.408 e. The van der Waals surface area contributed by atoms with E-state index in [-0.39, 0.29) is 36.5 Å². The zero-order valence-electron chi connectivity index (χ0n) is 31.5. The molecule has 3 fully saturated rings. The molecule has 58 heavy (non-hydrogen) atoms. The highest BCUT2D eigenvalue weighted by atomic mass is 32.2. The van der Waals surface area contributed by atoms with Gasteiger partial charge in [-0.3, -0.25) is 14.4 Å². The summed E-state index contributed by atoms with van der Waals surface area (Å²) in [6, 6.07) is 9.04. The molecule has 4 N–H and O–H groups in total. The van der Waals surface area contributed by atoms with Crippen molar-refractivity contribution in [1.29, 1.82) is 0 Å². The molecule has 306 valence electrons. The fraction of sp³-hybridized carbons (Fsp3) is 0.462. The van der Waals surface area contributed by atoms with Gasteiger partial charge in [0.15, 0.2) is 5.13 Å². The Kier molecular flexibility index (Phi) is 11.6.